The Balaban J connectivity index is 1.85. The predicted molar refractivity (Wildman–Crippen MR) is 97.1 cm³/mol. The Morgan fingerprint density at radius 2 is 2.16 bits per heavy atom. The number of aliphatic hydroxyl groups is 1. The third-order valence-electron chi connectivity index (χ3n) is 4.93. The molecule has 1 aliphatic rings. The first kappa shape index (κ1) is 17.8. The van der Waals surface area contributed by atoms with Gasteiger partial charge in [0.15, 0.2) is 5.89 Å². The van der Waals surface area contributed by atoms with Crippen molar-refractivity contribution in [1.82, 2.24) is 4.98 Å². The van der Waals surface area contributed by atoms with Gasteiger partial charge in [-0.2, -0.15) is 0 Å². The van der Waals surface area contributed by atoms with Crippen LogP contribution in [-0.4, -0.2) is 29.8 Å². The summed E-state index contributed by atoms with van der Waals surface area (Å²) in [6, 6.07) is 9.48. The van der Waals surface area contributed by atoms with Crippen LogP contribution in [-0.2, 0) is 5.60 Å². The van der Waals surface area contributed by atoms with E-state index in [1.54, 1.807) is 21.0 Å². The normalized spacial score (nSPS) is 21.4. The van der Waals surface area contributed by atoms with Crippen molar-refractivity contribution < 1.29 is 14.3 Å². The molecule has 1 aliphatic heterocycles. The van der Waals surface area contributed by atoms with E-state index < -0.39 is 5.60 Å². The largest absolute Gasteiger partial charge is 0.496 e. The van der Waals surface area contributed by atoms with E-state index >= 15 is 0 Å². The number of hydrogen-bond acceptors (Lipinski definition) is 5. The minimum Gasteiger partial charge on any atom is -0.496 e. The first-order valence-corrected chi connectivity index (χ1v) is 8.82. The van der Waals surface area contributed by atoms with Gasteiger partial charge in [0.25, 0.3) is 0 Å². The second kappa shape index (κ2) is 6.71. The van der Waals surface area contributed by atoms with Crippen molar-refractivity contribution in [1.29, 1.82) is 0 Å². The third-order valence-corrected chi connectivity index (χ3v) is 4.93. The first-order valence-electron chi connectivity index (χ1n) is 8.82. The highest BCUT2D eigenvalue weighted by Crippen LogP contribution is 2.35. The van der Waals surface area contributed by atoms with E-state index in [0.29, 0.717) is 17.5 Å². The maximum absolute atomic E-state index is 10.3. The molecule has 0 spiro atoms. The zero-order valence-corrected chi connectivity index (χ0v) is 15.7. The summed E-state index contributed by atoms with van der Waals surface area (Å²) >= 11 is 0. The smallest absolute Gasteiger partial charge is 0.199 e. The number of anilines is 1. The van der Waals surface area contributed by atoms with Gasteiger partial charge in [0, 0.05) is 30.4 Å². The summed E-state index contributed by atoms with van der Waals surface area (Å²) < 4.78 is 11.2. The Kier molecular flexibility index (Phi) is 4.78. The van der Waals surface area contributed by atoms with Crippen LogP contribution >= 0.6 is 0 Å². The Hall–Kier alpha value is -2.01. The minimum absolute atomic E-state index is 0.209. The summed E-state index contributed by atoms with van der Waals surface area (Å²) in [6.07, 6.45) is 2.09. The van der Waals surface area contributed by atoms with Gasteiger partial charge in [-0.15, -0.1) is 0 Å². The van der Waals surface area contributed by atoms with Crippen molar-refractivity contribution in [2.24, 2.45) is 0 Å². The molecule has 0 saturated carbocycles. The van der Waals surface area contributed by atoms with Gasteiger partial charge in [-0.05, 0) is 52.7 Å². The monoisotopic (exact) mass is 343 g/mol. The molecule has 0 amide bonds. The number of methoxy groups -OCH3 is 1. The second-order valence-electron chi connectivity index (χ2n) is 7.41. The summed E-state index contributed by atoms with van der Waals surface area (Å²) in [4.78, 5) is 6.99. The van der Waals surface area contributed by atoms with Crippen LogP contribution in [0.1, 0.15) is 56.9 Å². The van der Waals surface area contributed by atoms with Crippen LogP contribution in [0.3, 0.4) is 0 Å². The molecule has 2 aromatic rings. The first-order chi connectivity index (χ1) is 11.8. The summed E-state index contributed by atoms with van der Waals surface area (Å²) in [6.45, 7) is 8.42. The predicted octanol–water partition coefficient (Wildman–Crippen LogP) is 3.79. The summed E-state index contributed by atoms with van der Waals surface area (Å²) in [5.74, 6) is 2.37. The summed E-state index contributed by atoms with van der Waals surface area (Å²) in [5, 5.41) is 10.3. The number of nitrogens with zero attached hydrogens (tertiary/aromatic N) is 2. The van der Waals surface area contributed by atoms with Gasteiger partial charge in [0.1, 0.15) is 22.8 Å². The van der Waals surface area contributed by atoms with Crippen LogP contribution in [0.15, 0.2) is 22.6 Å². The number of oxazole rings is 1. The van der Waals surface area contributed by atoms with E-state index in [2.05, 4.69) is 28.9 Å². The van der Waals surface area contributed by atoms with Gasteiger partial charge >= 0.3 is 0 Å². The maximum atomic E-state index is 10.3. The van der Waals surface area contributed by atoms with Crippen molar-refractivity contribution in [3.63, 3.8) is 0 Å². The molecule has 2 heterocycles. The molecular formula is C20H27N2O3. The molecule has 1 fully saturated rings. The van der Waals surface area contributed by atoms with E-state index in [9.17, 15) is 5.11 Å². The molecule has 135 valence electrons. The lowest BCUT2D eigenvalue weighted by Gasteiger charge is -2.38. The number of rotatable bonds is 4. The highest BCUT2D eigenvalue weighted by Gasteiger charge is 2.32. The standard InChI is InChI=1S/C20H27N2O3/c1-13-9-10-15(19-21-18(14(2)25-19)20(3,4)23)12-22(13)16-7-6-8-17(11-16)24-5/h6-7,11,13,15,23H,9-10,12H2,1-5H3/t13-,15-/m1/s1. The Morgan fingerprint density at radius 1 is 1.40 bits per heavy atom. The Labute approximate surface area is 149 Å². The topological polar surface area (TPSA) is 58.7 Å². The molecule has 0 aliphatic carbocycles. The summed E-state index contributed by atoms with van der Waals surface area (Å²) in [5.41, 5.74) is 0.762. The lowest BCUT2D eigenvalue weighted by molar-refractivity contribution is 0.0728. The Morgan fingerprint density at radius 3 is 2.80 bits per heavy atom. The average Bonchev–Trinajstić information content (AvgIpc) is 2.97. The van der Waals surface area contributed by atoms with Gasteiger partial charge in [-0.3, -0.25) is 0 Å². The zero-order valence-electron chi connectivity index (χ0n) is 15.7. The Bertz CT molecular complexity index is 733. The van der Waals surface area contributed by atoms with Gasteiger partial charge in [-0.25, -0.2) is 4.98 Å². The number of ether oxygens (including phenoxy) is 1. The third kappa shape index (κ3) is 3.66. The zero-order chi connectivity index (χ0) is 18.2. The van der Waals surface area contributed by atoms with Crippen LogP contribution in [0.2, 0.25) is 0 Å². The minimum atomic E-state index is -0.990. The molecule has 0 unspecified atom stereocenters. The van der Waals surface area contributed by atoms with Crippen molar-refractivity contribution in [3.05, 3.63) is 41.6 Å². The van der Waals surface area contributed by atoms with E-state index in [4.69, 9.17) is 9.15 Å². The van der Waals surface area contributed by atoms with Crippen molar-refractivity contribution in [2.45, 2.75) is 58.1 Å². The van der Waals surface area contributed by atoms with Gasteiger partial charge < -0.3 is 19.2 Å². The molecule has 2 atom stereocenters. The van der Waals surface area contributed by atoms with Gasteiger partial charge in [0.05, 0.1) is 13.0 Å². The number of benzene rings is 1. The lowest BCUT2D eigenvalue weighted by atomic mass is 9.92. The molecule has 3 rings (SSSR count). The lowest BCUT2D eigenvalue weighted by Crippen LogP contribution is -2.41. The van der Waals surface area contributed by atoms with Crippen LogP contribution in [0.5, 0.6) is 5.75 Å². The van der Waals surface area contributed by atoms with Crippen molar-refractivity contribution in [2.75, 3.05) is 18.6 Å². The molecule has 25 heavy (non-hydrogen) atoms. The molecule has 1 radical (unpaired) electrons. The maximum Gasteiger partial charge on any atom is 0.199 e. The molecule has 1 aromatic heterocycles. The number of hydrogen-bond donors (Lipinski definition) is 1. The number of piperidine rings is 1. The van der Waals surface area contributed by atoms with E-state index in [1.807, 2.05) is 19.1 Å². The van der Waals surface area contributed by atoms with Gasteiger partial charge in [-0.1, -0.05) is 0 Å². The van der Waals surface area contributed by atoms with Crippen molar-refractivity contribution in [3.8, 4) is 5.75 Å². The molecular weight excluding hydrogens is 316 g/mol. The summed E-state index contributed by atoms with van der Waals surface area (Å²) in [7, 11) is 1.66. The number of aromatic nitrogens is 1. The number of aryl methyl sites for hydroxylation is 1. The van der Waals surface area contributed by atoms with Crippen molar-refractivity contribution >= 4 is 5.69 Å². The fourth-order valence-electron chi connectivity index (χ4n) is 3.56. The molecule has 0 bridgehead atoms. The van der Waals surface area contributed by atoms with E-state index in [-0.39, 0.29) is 5.92 Å². The molecule has 1 aromatic carbocycles. The van der Waals surface area contributed by atoms with Crippen LogP contribution in [0, 0.1) is 13.0 Å². The molecule has 5 nitrogen and oxygen atoms in total. The van der Waals surface area contributed by atoms with E-state index in [0.717, 1.165) is 36.7 Å². The fourth-order valence-corrected chi connectivity index (χ4v) is 3.56. The SMILES string of the molecule is COc1[c]ccc(N2C[C@H](c3nc(C(C)(C)O)c(C)o3)CC[C@H]2C)c1. The molecule has 1 saturated heterocycles. The fraction of sp³-hybridized carbons (Fsp3) is 0.550. The molecule has 1 N–H and O–H groups in total. The van der Waals surface area contributed by atoms with Gasteiger partial charge in [0.2, 0.25) is 0 Å². The highest BCUT2D eigenvalue weighted by molar-refractivity contribution is 5.52. The second-order valence-corrected chi connectivity index (χ2v) is 7.41. The molecule has 5 heteroatoms. The van der Waals surface area contributed by atoms with E-state index in [1.165, 1.54) is 0 Å². The van der Waals surface area contributed by atoms with Crippen LogP contribution < -0.4 is 9.64 Å². The van der Waals surface area contributed by atoms with Crippen LogP contribution in [0.25, 0.3) is 0 Å². The quantitative estimate of drug-likeness (QED) is 0.915. The van der Waals surface area contributed by atoms with Crippen LogP contribution in [0.4, 0.5) is 5.69 Å². The highest BCUT2D eigenvalue weighted by atomic mass is 16.5. The average molecular weight is 343 g/mol.